The molecule has 0 bridgehead atoms. The smallest absolute Gasteiger partial charge is 0.410 e. The van der Waals surface area contributed by atoms with E-state index in [0.29, 0.717) is 25.5 Å². The van der Waals surface area contributed by atoms with Gasteiger partial charge in [0.1, 0.15) is 18.9 Å². The Balaban J connectivity index is 0.000000272. The molecule has 0 aromatic heterocycles. The summed E-state index contributed by atoms with van der Waals surface area (Å²) in [5.41, 5.74) is 1.41. The molecule has 1 saturated heterocycles. The van der Waals surface area contributed by atoms with Crippen LogP contribution in [0.15, 0.2) is 30.3 Å². The number of hydrogen-bond donors (Lipinski definition) is 1. The Labute approximate surface area is 143 Å². The highest BCUT2D eigenvalue weighted by atomic mass is 16.6. The Morgan fingerprint density at radius 1 is 1.33 bits per heavy atom. The molecule has 24 heavy (non-hydrogen) atoms. The van der Waals surface area contributed by atoms with Gasteiger partial charge in [0.25, 0.3) is 0 Å². The molecule has 1 aromatic carbocycles. The highest BCUT2D eigenvalue weighted by Gasteiger charge is 2.33. The van der Waals surface area contributed by atoms with E-state index in [1.165, 1.54) is 17.5 Å². The molecule has 1 aromatic rings. The number of amides is 2. The lowest BCUT2D eigenvalue weighted by Gasteiger charge is -2.23. The first kappa shape index (κ1) is 19.7. The van der Waals surface area contributed by atoms with Crippen LogP contribution in [-0.4, -0.2) is 49.4 Å². The average molecular weight is 334 g/mol. The first-order valence-electron chi connectivity index (χ1n) is 8.14. The number of cyclic esters (lactones) is 1. The van der Waals surface area contributed by atoms with Gasteiger partial charge in [-0.15, -0.1) is 0 Å². The van der Waals surface area contributed by atoms with Crippen LogP contribution in [0, 0.1) is 0 Å². The van der Waals surface area contributed by atoms with Crippen molar-refractivity contribution in [3.8, 4) is 0 Å². The van der Waals surface area contributed by atoms with Crippen LogP contribution in [0.3, 0.4) is 0 Å². The van der Waals surface area contributed by atoms with Crippen LogP contribution in [0.1, 0.15) is 38.2 Å². The van der Waals surface area contributed by atoms with Crippen LogP contribution in [-0.2, 0) is 14.3 Å². The van der Waals surface area contributed by atoms with E-state index in [4.69, 9.17) is 4.74 Å². The molecule has 1 fully saturated rings. The van der Waals surface area contributed by atoms with Gasteiger partial charge in [-0.3, -0.25) is 9.69 Å². The molecular formula is C18H26N2O4. The van der Waals surface area contributed by atoms with E-state index in [0.717, 1.165) is 6.29 Å². The van der Waals surface area contributed by atoms with Crippen LogP contribution >= 0.6 is 0 Å². The molecule has 6 heteroatoms. The minimum atomic E-state index is -0.602. The maximum atomic E-state index is 11.5. The molecule has 0 saturated carbocycles. The van der Waals surface area contributed by atoms with Gasteiger partial charge in [0.2, 0.25) is 5.91 Å². The third kappa shape index (κ3) is 6.02. The van der Waals surface area contributed by atoms with E-state index in [1.54, 1.807) is 0 Å². The van der Waals surface area contributed by atoms with Gasteiger partial charge < -0.3 is 14.8 Å². The lowest BCUT2D eigenvalue weighted by atomic mass is 10.0. The Hall–Kier alpha value is -2.37. The molecule has 1 aliphatic heterocycles. The number of aldehydes is 1. The zero-order valence-corrected chi connectivity index (χ0v) is 14.5. The maximum absolute atomic E-state index is 11.5. The van der Waals surface area contributed by atoms with Crippen molar-refractivity contribution in [2.24, 2.45) is 0 Å². The average Bonchev–Trinajstić information content (AvgIpc) is 3.02. The van der Waals surface area contributed by atoms with Crippen molar-refractivity contribution in [1.29, 1.82) is 0 Å². The minimum Gasteiger partial charge on any atom is -0.448 e. The van der Waals surface area contributed by atoms with Crippen molar-refractivity contribution >= 4 is 18.3 Å². The molecule has 6 nitrogen and oxygen atoms in total. The molecule has 2 rings (SSSR count). The summed E-state index contributed by atoms with van der Waals surface area (Å²) in [6.07, 6.45) is 0.826. The fourth-order valence-corrected chi connectivity index (χ4v) is 2.35. The summed E-state index contributed by atoms with van der Waals surface area (Å²) in [5, 5.41) is 2.47. The zero-order chi connectivity index (χ0) is 17.9. The highest BCUT2D eigenvalue weighted by molar-refractivity contribution is 5.86. The van der Waals surface area contributed by atoms with E-state index in [-0.39, 0.29) is 12.3 Å². The summed E-state index contributed by atoms with van der Waals surface area (Å²) in [4.78, 5) is 34.3. The van der Waals surface area contributed by atoms with Crippen molar-refractivity contribution in [1.82, 2.24) is 10.2 Å². The third-order valence-corrected chi connectivity index (χ3v) is 3.74. The largest absolute Gasteiger partial charge is 0.448 e. The minimum absolute atomic E-state index is 0.252. The predicted molar refractivity (Wildman–Crippen MR) is 91.7 cm³/mol. The van der Waals surface area contributed by atoms with E-state index in [1.807, 2.05) is 6.07 Å². The fraction of sp³-hybridized carbons (Fsp3) is 0.500. The second kappa shape index (κ2) is 10.4. The van der Waals surface area contributed by atoms with E-state index in [9.17, 15) is 14.4 Å². The second-order valence-corrected chi connectivity index (χ2v) is 5.75. The molecular weight excluding hydrogens is 308 g/mol. The fourth-order valence-electron chi connectivity index (χ4n) is 2.35. The van der Waals surface area contributed by atoms with Gasteiger partial charge in [-0.1, -0.05) is 44.2 Å². The van der Waals surface area contributed by atoms with Gasteiger partial charge in [-0.25, -0.2) is 4.79 Å². The zero-order valence-electron chi connectivity index (χ0n) is 14.5. The Morgan fingerprint density at radius 3 is 2.42 bits per heavy atom. The lowest BCUT2D eigenvalue weighted by molar-refractivity contribution is -0.125. The normalized spacial score (nSPS) is 14.5. The van der Waals surface area contributed by atoms with Crippen molar-refractivity contribution in [3.05, 3.63) is 35.9 Å². The SMILES string of the molecule is CC(C)c1ccccc1.CNC(=O)C(CCC=O)N1CCOC1=O. The summed E-state index contributed by atoms with van der Waals surface area (Å²) >= 11 is 0. The number of rotatable bonds is 6. The second-order valence-electron chi connectivity index (χ2n) is 5.75. The summed E-state index contributed by atoms with van der Waals surface area (Å²) in [6, 6.07) is 9.92. The lowest BCUT2D eigenvalue weighted by Crippen LogP contribution is -2.46. The number of carbonyl (C=O) groups excluding carboxylic acids is 3. The molecule has 1 N–H and O–H groups in total. The van der Waals surface area contributed by atoms with Gasteiger partial charge in [-0.2, -0.15) is 0 Å². The van der Waals surface area contributed by atoms with Crippen LogP contribution in [0.25, 0.3) is 0 Å². The maximum Gasteiger partial charge on any atom is 0.410 e. The third-order valence-electron chi connectivity index (χ3n) is 3.74. The van der Waals surface area contributed by atoms with E-state index < -0.39 is 12.1 Å². The molecule has 1 aliphatic rings. The molecule has 2 amide bonds. The first-order valence-corrected chi connectivity index (χ1v) is 8.14. The van der Waals surface area contributed by atoms with E-state index in [2.05, 4.69) is 43.4 Å². The number of ether oxygens (including phenoxy) is 1. The van der Waals surface area contributed by atoms with E-state index >= 15 is 0 Å². The number of likely N-dealkylation sites (N-methyl/N-ethyl adjacent to an activating group) is 1. The van der Waals surface area contributed by atoms with Gasteiger partial charge in [-0.05, 0) is 17.9 Å². The number of hydrogen-bond acceptors (Lipinski definition) is 4. The molecule has 1 unspecified atom stereocenters. The topological polar surface area (TPSA) is 75.7 Å². The molecule has 0 spiro atoms. The van der Waals surface area contributed by atoms with Crippen LogP contribution in [0.2, 0.25) is 0 Å². The van der Waals surface area contributed by atoms with Crippen LogP contribution in [0.5, 0.6) is 0 Å². The van der Waals surface area contributed by atoms with Gasteiger partial charge in [0, 0.05) is 13.5 Å². The Bertz CT molecular complexity index is 531. The van der Waals surface area contributed by atoms with Gasteiger partial charge >= 0.3 is 6.09 Å². The summed E-state index contributed by atoms with van der Waals surface area (Å²) < 4.78 is 4.74. The predicted octanol–water partition coefficient (Wildman–Crippen LogP) is 2.34. The quantitative estimate of drug-likeness (QED) is 0.810. The van der Waals surface area contributed by atoms with Crippen molar-refractivity contribution < 1.29 is 19.1 Å². The summed E-state index contributed by atoms with van der Waals surface area (Å²) in [6.45, 7) is 5.11. The molecule has 0 radical (unpaired) electrons. The summed E-state index contributed by atoms with van der Waals surface area (Å²) in [7, 11) is 1.50. The molecule has 0 aliphatic carbocycles. The van der Waals surface area contributed by atoms with Crippen molar-refractivity contribution in [2.75, 3.05) is 20.2 Å². The Kier molecular flexibility index (Phi) is 8.54. The van der Waals surface area contributed by atoms with Gasteiger partial charge in [0.15, 0.2) is 0 Å². The molecule has 1 heterocycles. The van der Waals surface area contributed by atoms with Crippen LogP contribution in [0.4, 0.5) is 4.79 Å². The number of nitrogens with zero attached hydrogens (tertiary/aromatic N) is 1. The van der Waals surface area contributed by atoms with Gasteiger partial charge in [0.05, 0.1) is 6.54 Å². The monoisotopic (exact) mass is 334 g/mol. The van der Waals surface area contributed by atoms with Crippen molar-refractivity contribution in [2.45, 2.75) is 38.6 Å². The standard InChI is InChI=1S/C9H14N2O4.C9H12/c1-10-8(13)7(3-2-5-12)11-4-6-15-9(11)14;1-8(2)9-6-4-3-5-7-9/h5,7H,2-4,6H2,1H3,(H,10,13);3-8H,1-2H3. The number of nitrogens with one attached hydrogen (secondary N) is 1. The van der Waals surface area contributed by atoms with Crippen molar-refractivity contribution in [3.63, 3.8) is 0 Å². The number of benzene rings is 1. The summed E-state index contributed by atoms with van der Waals surface area (Å²) in [5.74, 6) is 0.391. The Morgan fingerprint density at radius 2 is 2.00 bits per heavy atom. The highest BCUT2D eigenvalue weighted by Crippen LogP contribution is 2.13. The van der Waals surface area contributed by atoms with Crippen LogP contribution < -0.4 is 5.32 Å². The molecule has 132 valence electrons. The first-order chi connectivity index (χ1) is 11.5. The molecule has 1 atom stereocenters. The number of carbonyl (C=O) groups is 3.